The van der Waals surface area contributed by atoms with Gasteiger partial charge in [0.15, 0.2) is 6.61 Å². The maximum Gasteiger partial charge on any atom is 0.308 e. The molecule has 0 aliphatic carbocycles. The zero-order chi connectivity index (χ0) is 20.2. The molecule has 2 aromatic heterocycles. The fourth-order valence-corrected chi connectivity index (χ4v) is 3.03. The first-order valence-electron chi connectivity index (χ1n) is 8.80. The van der Waals surface area contributed by atoms with Gasteiger partial charge in [-0.05, 0) is 24.3 Å². The molecule has 2 aromatic carbocycles. The molecule has 146 valence electrons. The highest BCUT2D eigenvalue weighted by atomic mass is 35.5. The molecule has 0 aliphatic heterocycles. The van der Waals surface area contributed by atoms with Crippen molar-refractivity contribution in [2.45, 2.75) is 19.6 Å². The summed E-state index contributed by atoms with van der Waals surface area (Å²) in [6.07, 6.45) is 1.32. The van der Waals surface area contributed by atoms with Crippen LogP contribution in [0.1, 0.15) is 12.2 Å². The molecular formula is C20H15ClN4O4. The van der Waals surface area contributed by atoms with Crippen LogP contribution in [-0.2, 0) is 22.7 Å². The zero-order valence-corrected chi connectivity index (χ0v) is 15.9. The lowest BCUT2D eigenvalue weighted by atomic mass is 10.2. The van der Waals surface area contributed by atoms with E-state index >= 15 is 0 Å². The zero-order valence-electron chi connectivity index (χ0n) is 15.1. The van der Waals surface area contributed by atoms with Gasteiger partial charge < -0.3 is 9.26 Å². The number of fused-ring (bicyclic) bond motifs is 1. The van der Waals surface area contributed by atoms with Crippen molar-refractivity contribution in [2.24, 2.45) is 0 Å². The van der Waals surface area contributed by atoms with Crippen molar-refractivity contribution in [3.8, 4) is 11.5 Å². The number of para-hydroxylation sites is 1. The number of esters is 1. The van der Waals surface area contributed by atoms with Crippen LogP contribution in [0.5, 0.6) is 0 Å². The maximum absolute atomic E-state index is 12.1. The molecule has 0 aliphatic rings. The van der Waals surface area contributed by atoms with Crippen LogP contribution in [0.3, 0.4) is 0 Å². The van der Waals surface area contributed by atoms with Crippen LogP contribution in [0, 0.1) is 0 Å². The van der Waals surface area contributed by atoms with Gasteiger partial charge in [-0.15, -0.1) is 0 Å². The number of aryl methyl sites for hydroxylation is 1. The first kappa shape index (κ1) is 18.8. The topological polar surface area (TPSA) is 100 Å². The molecule has 4 rings (SSSR count). The molecule has 0 amide bonds. The highest BCUT2D eigenvalue weighted by Gasteiger charge is 2.13. The molecule has 2 heterocycles. The van der Waals surface area contributed by atoms with Crippen molar-refractivity contribution >= 4 is 28.5 Å². The Morgan fingerprint density at radius 2 is 1.93 bits per heavy atom. The van der Waals surface area contributed by atoms with Gasteiger partial charge in [-0.3, -0.25) is 14.3 Å². The predicted molar refractivity (Wildman–Crippen MR) is 105 cm³/mol. The summed E-state index contributed by atoms with van der Waals surface area (Å²) in [7, 11) is 0. The Morgan fingerprint density at radius 3 is 2.79 bits per heavy atom. The Hall–Kier alpha value is -3.52. The molecule has 29 heavy (non-hydrogen) atoms. The number of nitrogens with zero attached hydrogens (tertiary/aromatic N) is 4. The van der Waals surface area contributed by atoms with E-state index in [-0.39, 0.29) is 36.7 Å². The summed E-state index contributed by atoms with van der Waals surface area (Å²) in [4.78, 5) is 28.1. The van der Waals surface area contributed by atoms with Crippen molar-refractivity contribution < 1.29 is 14.1 Å². The minimum Gasteiger partial charge on any atom is -0.457 e. The second-order valence-corrected chi connectivity index (χ2v) is 6.56. The summed E-state index contributed by atoms with van der Waals surface area (Å²) in [5, 5.41) is 8.92. The van der Waals surface area contributed by atoms with Crippen LogP contribution in [0.2, 0.25) is 5.02 Å². The van der Waals surface area contributed by atoms with Crippen LogP contribution in [0.25, 0.3) is 22.4 Å². The van der Waals surface area contributed by atoms with Gasteiger partial charge >= 0.3 is 5.97 Å². The molecule has 0 atom stereocenters. The highest BCUT2D eigenvalue weighted by molar-refractivity contribution is 6.33. The van der Waals surface area contributed by atoms with Gasteiger partial charge in [0.25, 0.3) is 5.89 Å². The van der Waals surface area contributed by atoms with Crippen molar-refractivity contribution in [2.75, 3.05) is 0 Å². The summed E-state index contributed by atoms with van der Waals surface area (Å²) in [6.45, 7) is 0.155. The molecule has 0 spiro atoms. The fourth-order valence-electron chi connectivity index (χ4n) is 2.81. The van der Waals surface area contributed by atoms with Gasteiger partial charge in [-0.25, -0.2) is 0 Å². The molecule has 0 N–H and O–H groups in total. The third kappa shape index (κ3) is 4.17. The largest absolute Gasteiger partial charge is 0.457 e. The van der Waals surface area contributed by atoms with Crippen molar-refractivity contribution in [1.82, 2.24) is 19.9 Å². The smallest absolute Gasteiger partial charge is 0.308 e. The lowest BCUT2D eigenvalue weighted by Gasteiger charge is -2.08. The Morgan fingerprint density at radius 1 is 1.14 bits per heavy atom. The number of halogens is 1. The first-order chi connectivity index (χ1) is 14.1. The van der Waals surface area contributed by atoms with Crippen molar-refractivity contribution in [3.63, 3.8) is 0 Å². The molecule has 0 radical (unpaired) electrons. The summed E-state index contributed by atoms with van der Waals surface area (Å²) in [5.41, 5.74) is 1.11. The summed E-state index contributed by atoms with van der Waals surface area (Å²) in [6, 6.07) is 14.2. The van der Waals surface area contributed by atoms with Gasteiger partial charge in [0.2, 0.25) is 11.3 Å². The number of hydrogen-bond donors (Lipinski definition) is 0. The van der Waals surface area contributed by atoms with E-state index in [4.69, 9.17) is 20.9 Å². The minimum atomic E-state index is -0.446. The first-order valence-corrected chi connectivity index (χ1v) is 9.17. The van der Waals surface area contributed by atoms with E-state index in [0.29, 0.717) is 21.5 Å². The Kier molecular flexibility index (Phi) is 5.35. The standard InChI is InChI=1S/C20H15ClN4O4/c21-15-7-3-1-5-13(15)20-23-18(24-29-20)12-28-19(27)9-10-25-16-8-4-2-6-14(16)17(26)11-22-25/h1-8,11H,9-10,12H2. The monoisotopic (exact) mass is 410 g/mol. The van der Waals surface area contributed by atoms with Gasteiger partial charge in [0.05, 0.1) is 35.3 Å². The van der Waals surface area contributed by atoms with E-state index in [1.165, 1.54) is 6.20 Å². The van der Waals surface area contributed by atoms with E-state index < -0.39 is 5.97 Å². The third-order valence-electron chi connectivity index (χ3n) is 4.22. The second kappa shape index (κ2) is 8.24. The van der Waals surface area contributed by atoms with Gasteiger partial charge in [-0.2, -0.15) is 10.1 Å². The summed E-state index contributed by atoms with van der Waals surface area (Å²) >= 11 is 6.11. The van der Waals surface area contributed by atoms with Crippen molar-refractivity contribution in [3.05, 3.63) is 75.8 Å². The molecule has 4 aromatic rings. The van der Waals surface area contributed by atoms with Crippen LogP contribution < -0.4 is 5.43 Å². The van der Waals surface area contributed by atoms with E-state index in [1.807, 2.05) is 6.07 Å². The number of aromatic nitrogens is 4. The quantitative estimate of drug-likeness (QED) is 0.450. The maximum atomic E-state index is 12.1. The number of carbonyl (C=O) groups excluding carboxylic acids is 1. The van der Waals surface area contributed by atoms with E-state index in [2.05, 4.69) is 15.2 Å². The number of rotatable bonds is 6. The number of ether oxygens (including phenoxy) is 1. The highest BCUT2D eigenvalue weighted by Crippen LogP contribution is 2.25. The van der Waals surface area contributed by atoms with Crippen LogP contribution in [-0.4, -0.2) is 25.9 Å². The average Bonchev–Trinajstić information content (AvgIpc) is 3.21. The third-order valence-corrected chi connectivity index (χ3v) is 4.55. The molecule has 0 bridgehead atoms. The van der Waals surface area contributed by atoms with E-state index in [1.54, 1.807) is 47.1 Å². The summed E-state index contributed by atoms with van der Waals surface area (Å²) < 4.78 is 12.0. The normalized spacial score (nSPS) is 10.9. The van der Waals surface area contributed by atoms with Gasteiger partial charge in [0.1, 0.15) is 0 Å². The van der Waals surface area contributed by atoms with Crippen LogP contribution in [0.4, 0.5) is 0 Å². The molecule has 0 saturated heterocycles. The second-order valence-electron chi connectivity index (χ2n) is 6.16. The predicted octanol–water partition coefficient (Wildman–Crippen LogP) is 3.23. The number of carbonyl (C=O) groups is 1. The Labute approximate surface area is 169 Å². The Balaban J connectivity index is 1.36. The number of benzene rings is 2. The molecule has 9 heteroatoms. The fraction of sp³-hybridized carbons (Fsp3) is 0.150. The average molecular weight is 411 g/mol. The van der Waals surface area contributed by atoms with Crippen molar-refractivity contribution in [1.29, 1.82) is 0 Å². The lowest BCUT2D eigenvalue weighted by Crippen LogP contribution is -2.15. The van der Waals surface area contributed by atoms with E-state index in [9.17, 15) is 9.59 Å². The van der Waals surface area contributed by atoms with Gasteiger partial charge in [0, 0.05) is 5.39 Å². The molecule has 0 saturated carbocycles. The minimum absolute atomic E-state index is 0.0785. The Bertz CT molecular complexity index is 1230. The van der Waals surface area contributed by atoms with Crippen LogP contribution >= 0.6 is 11.6 Å². The van der Waals surface area contributed by atoms with E-state index in [0.717, 1.165) is 0 Å². The summed E-state index contributed by atoms with van der Waals surface area (Å²) in [5.74, 6) is 0.0458. The SMILES string of the molecule is O=C(CCn1ncc(=O)c2ccccc21)OCc1noc(-c2ccccc2Cl)n1. The molecule has 0 unspecified atom stereocenters. The van der Waals surface area contributed by atoms with Gasteiger partial charge in [-0.1, -0.05) is 41.0 Å². The molecule has 8 nitrogen and oxygen atoms in total. The molecule has 0 fully saturated rings. The lowest BCUT2D eigenvalue weighted by molar-refractivity contribution is -0.145. The molecular weight excluding hydrogens is 396 g/mol. The van der Waals surface area contributed by atoms with Crippen LogP contribution in [0.15, 0.2) is 64.0 Å². The number of hydrogen-bond acceptors (Lipinski definition) is 7.